The van der Waals surface area contributed by atoms with Gasteiger partial charge in [0.15, 0.2) is 0 Å². The molecule has 5 heteroatoms. The van der Waals surface area contributed by atoms with Gasteiger partial charge in [-0.15, -0.1) is 12.4 Å². The summed E-state index contributed by atoms with van der Waals surface area (Å²) in [5.41, 5.74) is 7.55. The number of rotatable bonds is 6. The summed E-state index contributed by atoms with van der Waals surface area (Å²) >= 11 is 0. The summed E-state index contributed by atoms with van der Waals surface area (Å²) in [4.78, 5) is 11.8. The molecule has 0 aromatic heterocycles. The van der Waals surface area contributed by atoms with Gasteiger partial charge < -0.3 is 15.8 Å². The van der Waals surface area contributed by atoms with Crippen LogP contribution >= 0.6 is 12.4 Å². The Morgan fingerprint density at radius 1 is 1.47 bits per heavy atom. The summed E-state index contributed by atoms with van der Waals surface area (Å²) in [6.07, 6.45) is 1.60. The van der Waals surface area contributed by atoms with Crippen LogP contribution in [-0.2, 0) is 9.53 Å². The molecule has 0 saturated carbocycles. The quantitative estimate of drug-likeness (QED) is 0.845. The second-order valence-corrected chi connectivity index (χ2v) is 4.39. The molecule has 1 amide bonds. The van der Waals surface area contributed by atoms with Crippen LogP contribution in [0.3, 0.4) is 0 Å². The highest BCUT2D eigenvalue weighted by Gasteiger charge is 2.13. The van der Waals surface area contributed by atoms with Crippen LogP contribution in [0.2, 0.25) is 0 Å². The molecule has 0 aliphatic carbocycles. The van der Waals surface area contributed by atoms with Gasteiger partial charge in [-0.05, 0) is 31.0 Å². The number of methoxy groups -OCH3 is 1. The molecule has 108 valence electrons. The van der Waals surface area contributed by atoms with Crippen LogP contribution in [-0.4, -0.2) is 19.1 Å². The van der Waals surface area contributed by atoms with Gasteiger partial charge in [0.05, 0.1) is 12.1 Å². The highest BCUT2D eigenvalue weighted by molar-refractivity contribution is 5.94. The molecule has 0 aliphatic heterocycles. The minimum Gasteiger partial charge on any atom is -0.377 e. The SMILES string of the molecule is CCCC(N)C(=O)Nc1cccc(C(C)OC)c1.Cl. The average Bonchev–Trinajstić information content (AvgIpc) is 2.38. The van der Waals surface area contributed by atoms with Crippen LogP contribution in [0.1, 0.15) is 38.4 Å². The number of benzene rings is 1. The van der Waals surface area contributed by atoms with Crippen molar-refractivity contribution in [2.75, 3.05) is 12.4 Å². The van der Waals surface area contributed by atoms with Gasteiger partial charge in [-0.3, -0.25) is 4.79 Å². The highest BCUT2D eigenvalue weighted by atomic mass is 35.5. The molecule has 19 heavy (non-hydrogen) atoms. The first kappa shape index (κ1) is 17.9. The van der Waals surface area contributed by atoms with E-state index in [0.717, 1.165) is 17.7 Å². The largest absolute Gasteiger partial charge is 0.377 e. The summed E-state index contributed by atoms with van der Waals surface area (Å²) in [7, 11) is 1.66. The minimum absolute atomic E-state index is 0. The minimum atomic E-state index is -0.446. The van der Waals surface area contributed by atoms with Gasteiger partial charge >= 0.3 is 0 Å². The van der Waals surface area contributed by atoms with E-state index < -0.39 is 6.04 Å². The number of carbonyl (C=O) groups excluding carboxylic acids is 1. The van der Waals surface area contributed by atoms with E-state index in [4.69, 9.17) is 10.5 Å². The Kier molecular flexibility index (Phi) is 8.39. The van der Waals surface area contributed by atoms with Crippen molar-refractivity contribution in [3.05, 3.63) is 29.8 Å². The number of ether oxygens (including phenoxy) is 1. The average molecular weight is 287 g/mol. The predicted molar refractivity (Wildman–Crippen MR) is 80.6 cm³/mol. The fourth-order valence-electron chi connectivity index (χ4n) is 1.68. The number of hydrogen-bond donors (Lipinski definition) is 2. The molecule has 4 nitrogen and oxygen atoms in total. The van der Waals surface area contributed by atoms with Crippen LogP contribution in [0, 0.1) is 0 Å². The van der Waals surface area contributed by atoms with Crippen LogP contribution in [0.4, 0.5) is 5.69 Å². The van der Waals surface area contributed by atoms with Crippen LogP contribution in [0.25, 0.3) is 0 Å². The third-order valence-corrected chi connectivity index (χ3v) is 2.91. The molecule has 2 atom stereocenters. The third-order valence-electron chi connectivity index (χ3n) is 2.91. The van der Waals surface area contributed by atoms with E-state index in [2.05, 4.69) is 5.32 Å². The zero-order valence-corrected chi connectivity index (χ0v) is 12.5. The number of anilines is 1. The van der Waals surface area contributed by atoms with Gasteiger partial charge in [0.25, 0.3) is 0 Å². The molecule has 0 aliphatic rings. The molecule has 0 bridgehead atoms. The molecule has 0 fully saturated rings. The fraction of sp³-hybridized carbons (Fsp3) is 0.500. The van der Waals surface area contributed by atoms with Gasteiger partial charge in [-0.1, -0.05) is 25.5 Å². The van der Waals surface area contributed by atoms with E-state index in [9.17, 15) is 4.79 Å². The van der Waals surface area contributed by atoms with E-state index in [1.807, 2.05) is 38.1 Å². The Morgan fingerprint density at radius 3 is 2.74 bits per heavy atom. The molecule has 0 radical (unpaired) electrons. The lowest BCUT2D eigenvalue weighted by molar-refractivity contribution is -0.117. The topological polar surface area (TPSA) is 64.4 Å². The van der Waals surface area contributed by atoms with Crippen LogP contribution < -0.4 is 11.1 Å². The summed E-state index contributed by atoms with van der Waals surface area (Å²) in [5, 5.41) is 2.83. The molecule has 0 spiro atoms. The maximum atomic E-state index is 11.8. The maximum absolute atomic E-state index is 11.8. The number of amides is 1. The van der Waals surface area contributed by atoms with Gasteiger partial charge in [0.1, 0.15) is 0 Å². The van der Waals surface area contributed by atoms with Crippen molar-refractivity contribution in [3.63, 3.8) is 0 Å². The Hall–Kier alpha value is -1.10. The molecule has 3 N–H and O–H groups in total. The Balaban J connectivity index is 0.00000324. The summed E-state index contributed by atoms with van der Waals surface area (Å²) in [5.74, 6) is -0.140. The number of nitrogens with two attached hydrogens (primary N) is 1. The molecule has 1 aromatic carbocycles. The first-order valence-corrected chi connectivity index (χ1v) is 6.27. The Bertz CT molecular complexity index is 399. The van der Waals surface area contributed by atoms with Gasteiger partial charge in [0, 0.05) is 12.8 Å². The standard InChI is InChI=1S/C14H22N2O2.ClH/c1-4-6-13(15)14(17)16-12-8-5-7-11(9-12)10(2)18-3;/h5,7-10,13H,4,6,15H2,1-3H3,(H,16,17);1H. The summed E-state index contributed by atoms with van der Waals surface area (Å²) in [6, 6.07) is 7.17. The molecule has 0 heterocycles. The van der Waals surface area contributed by atoms with Gasteiger partial charge in [-0.2, -0.15) is 0 Å². The normalized spacial score (nSPS) is 13.3. The molecular formula is C14H23ClN2O2. The van der Waals surface area contributed by atoms with Crippen molar-refractivity contribution in [2.24, 2.45) is 5.73 Å². The molecular weight excluding hydrogens is 264 g/mol. The smallest absolute Gasteiger partial charge is 0.241 e. The van der Waals surface area contributed by atoms with Crippen molar-refractivity contribution in [3.8, 4) is 0 Å². The monoisotopic (exact) mass is 286 g/mol. The third kappa shape index (κ3) is 5.59. The lowest BCUT2D eigenvalue weighted by atomic mass is 10.1. The Morgan fingerprint density at radius 2 is 2.16 bits per heavy atom. The molecule has 1 aromatic rings. The van der Waals surface area contributed by atoms with Crippen molar-refractivity contribution >= 4 is 24.0 Å². The molecule has 2 unspecified atom stereocenters. The van der Waals surface area contributed by atoms with E-state index >= 15 is 0 Å². The van der Waals surface area contributed by atoms with Crippen molar-refractivity contribution in [1.29, 1.82) is 0 Å². The zero-order valence-electron chi connectivity index (χ0n) is 11.7. The van der Waals surface area contributed by atoms with Crippen LogP contribution in [0.5, 0.6) is 0 Å². The van der Waals surface area contributed by atoms with Gasteiger partial charge in [0.2, 0.25) is 5.91 Å². The molecule has 0 saturated heterocycles. The summed E-state index contributed by atoms with van der Waals surface area (Å²) < 4.78 is 5.24. The number of hydrogen-bond acceptors (Lipinski definition) is 3. The Labute approximate surface area is 121 Å². The fourth-order valence-corrected chi connectivity index (χ4v) is 1.68. The lowest BCUT2D eigenvalue weighted by Crippen LogP contribution is -2.35. The van der Waals surface area contributed by atoms with E-state index in [0.29, 0.717) is 6.42 Å². The van der Waals surface area contributed by atoms with Crippen molar-refractivity contribution in [1.82, 2.24) is 0 Å². The van der Waals surface area contributed by atoms with Crippen LogP contribution in [0.15, 0.2) is 24.3 Å². The first-order chi connectivity index (χ1) is 8.58. The highest BCUT2D eigenvalue weighted by Crippen LogP contribution is 2.19. The number of carbonyl (C=O) groups is 1. The first-order valence-electron chi connectivity index (χ1n) is 6.27. The predicted octanol–water partition coefficient (Wildman–Crippen LogP) is 2.88. The second kappa shape index (κ2) is 8.91. The molecule has 1 rings (SSSR count). The maximum Gasteiger partial charge on any atom is 0.241 e. The zero-order chi connectivity index (χ0) is 13.5. The lowest BCUT2D eigenvalue weighted by Gasteiger charge is -2.14. The van der Waals surface area contributed by atoms with Gasteiger partial charge in [-0.25, -0.2) is 0 Å². The second-order valence-electron chi connectivity index (χ2n) is 4.39. The van der Waals surface area contributed by atoms with Crippen molar-refractivity contribution in [2.45, 2.75) is 38.8 Å². The van der Waals surface area contributed by atoms with E-state index in [1.54, 1.807) is 7.11 Å². The number of halogens is 1. The number of nitrogens with one attached hydrogen (secondary N) is 1. The van der Waals surface area contributed by atoms with Crippen molar-refractivity contribution < 1.29 is 9.53 Å². The summed E-state index contributed by atoms with van der Waals surface area (Å²) in [6.45, 7) is 3.97. The van der Waals surface area contributed by atoms with E-state index in [1.165, 1.54) is 0 Å². The van der Waals surface area contributed by atoms with E-state index in [-0.39, 0.29) is 24.4 Å².